The number of H-pyrrole nitrogens is 1. The van der Waals surface area contributed by atoms with Gasteiger partial charge in [-0.1, -0.05) is 46.3 Å². The molecule has 4 nitrogen and oxygen atoms in total. The molecule has 0 unspecified atom stereocenters. The van der Waals surface area contributed by atoms with Crippen LogP contribution in [0.2, 0.25) is 0 Å². The SMILES string of the molecule is O=C(OCCc1ccccc1)C(=O)c1c[nH]c2ccc(Br)cc12. The van der Waals surface area contributed by atoms with Crippen molar-refractivity contribution >= 4 is 38.6 Å². The molecule has 0 spiro atoms. The van der Waals surface area contributed by atoms with Crippen molar-refractivity contribution in [3.05, 3.63) is 70.3 Å². The van der Waals surface area contributed by atoms with Gasteiger partial charge in [0.1, 0.15) is 0 Å². The maximum absolute atomic E-state index is 12.3. The van der Waals surface area contributed by atoms with Crippen LogP contribution in [0.3, 0.4) is 0 Å². The monoisotopic (exact) mass is 371 g/mol. The lowest BCUT2D eigenvalue weighted by Gasteiger charge is -2.04. The molecule has 0 amide bonds. The highest BCUT2D eigenvalue weighted by Gasteiger charge is 2.21. The minimum atomic E-state index is -0.832. The molecule has 3 aromatic rings. The van der Waals surface area contributed by atoms with E-state index in [-0.39, 0.29) is 6.61 Å². The zero-order valence-electron chi connectivity index (χ0n) is 12.2. The first-order valence-corrected chi connectivity index (χ1v) is 7.96. The summed E-state index contributed by atoms with van der Waals surface area (Å²) in [6.07, 6.45) is 2.12. The quantitative estimate of drug-likeness (QED) is 0.420. The number of ether oxygens (including phenoxy) is 1. The van der Waals surface area contributed by atoms with Crippen molar-refractivity contribution in [2.45, 2.75) is 6.42 Å². The van der Waals surface area contributed by atoms with Crippen LogP contribution in [0.5, 0.6) is 0 Å². The summed E-state index contributed by atoms with van der Waals surface area (Å²) in [6, 6.07) is 15.2. The van der Waals surface area contributed by atoms with E-state index in [2.05, 4.69) is 20.9 Å². The van der Waals surface area contributed by atoms with Crippen LogP contribution in [0, 0.1) is 0 Å². The molecule has 1 aromatic heterocycles. The molecule has 1 N–H and O–H groups in total. The summed E-state index contributed by atoms with van der Waals surface area (Å²) in [5.41, 5.74) is 2.18. The number of hydrogen-bond donors (Lipinski definition) is 1. The number of halogens is 1. The molecule has 23 heavy (non-hydrogen) atoms. The maximum Gasteiger partial charge on any atom is 0.379 e. The van der Waals surface area contributed by atoms with E-state index in [1.807, 2.05) is 42.5 Å². The van der Waals surface area contributed by atoms with Crippen molar-refractivity contribution in [2.75, 3.05) is 6.61 Å². The highest BCUT2D eigenvalue weighted by atomic mass is 79.9. The minimum absolute atomic E-state index is 0.181. The Morgan fingerprint density at radius 3 is 2.65 bits per heavy atom. The van der Waals surface area contributed by atoms with E-state index < -0.39 is 11.8 Å². The zero-order valence-corrected chi connectivity index (χ0v) is 13.8. The van der Waals surface area contributed by atoms with Crippen LogP contribution < -0.4 is 0 Å². The van der Waals surface area contributed by atoms with Gasteiger partial charge in [0.25, 0.3) is 5.78 Å². The van der Waals surface area contributed by atoms with Crippen molar-refractivity contribution in [1.82, 2.24) is 4.98 Å². The molecule has 0 aliphatic rings. The van der Waals surface area contributed by atoms with E-state index in [0.717, 1.165) is 15.6 Å². The van der Waals surface area contributed by atoms with Gasteiger partial charge in [0.05, 0.1) is 12.2 Å². The largest absolute Gasteiger partial charge is 0.459 e. The molecule has 0 saturated heterocycles. The lowest BCUT2D eigenvalue weighted by Crippen LogP contribution is -2.18. The molecule has 0 saturated carbocycles. The summed E-state index contributed by atoms with van der Waals surface area (Å²) in [4.78, 5) is 27.2. The summed E-state index contributed by atoms with van der Waals surface area (Å²) in [5, 5.41) is 0.699. The van der Waals surface area contributed by atoms with Crippen molar-refractivity contribution in [3.63, 3.8) is 0 Å². The van der Waals surface area contributed by atoms with Gasteiger partial charge >= 0.3 is 5.97 Å². The number of carbonyl (C=O) groups is 2. The van der Waals surface area contributed by atoms with Crippen molar-refractivity contribution in [1.29, 1.82) is 0 Å². The molecule has 2 aromatic carbocycles. The Balaban J connectivity index is 1.67. The highest BCUT2D eigenvalue weighted by molar-refractivity contribution is 9.10. The number of fused-ring (bicyclic) bond motifs is 1. The molecule has 116 valence electrons. The maximum atomic E-state index is 12.3. The third kappa shape index (κ3) is 3.51. The topological polar surface area (TPSA) is 59.2 Å². The van der Waals surface area contributed by atoms with E-state index in [4.69, 9.17) is 4.74 Å². The van der Waals surface area contributed by atoms with Gasteiger partial charge in [0, 0.05) is 28.0 Å². The number of benzene rings is 2. The normalized spacial score (nSPS) is 10.7. The summed E-state index contributed by atoms with van der Waals surface area (Å²) >= 11 is 3.36. The average molecular weight is 372 g/mol. The van der Waals surface area contributed by atoms with Gasteiger partial charge in [0.15, 0.2) is 0 Å². The lowest BCUT2D eigenvalue weighted by molar-refractivity contribution is -0.138. The van der Waals surface area contributed by atoms with Crippen molar-refractivity contribution < 1.29 is 14.3 Å². The summed E-state index contributed by atoms with van der Waals surface area (Å²) in [5.74, 6) is -1.47. The van der Waals surface area contributed by atoms with Crippen LogP contribution in [0.25, 0.3) is 10.9 Å². The molecule has 0 bridgehead atoms. The van der Waals surface area contributed by atoms with Gasteiger partial charge in [-0.2, -0.15) is 0 Å². The van der Waals surface area contributed by atoms with Gasteiger partial charge in [-0.15, -0.1) is 0 Å². The van der Waals surface area contributed by atoms with Gasteiger partial charge < -0.3 is 9.72 Å². The molecule has 0 radical (unpaired) electrons. The number of aromatic nitrogens is 1. The first kappa shape index (κ1) is 15.5. The van der Waals surface area contributed by atoms with Crippen LogP contribution in [0.15, 0.2) is 59.2 Å². The van der Waals surface area contributed by atoms with Gasteiger partial charge in [-0.3, -0.25) is 4.79 Å². The van der Waals surface area contributed by atoms with E-state index in [1.165, 1.54) is 6.20 Å². The molecule has 0 atom stereocenters. The Bertz CT molecular complexity index is 855. The number of carbonyl (C=O) groups excluding carboxylic acids is 2. The number of nitrogens with one attached hydrogen (secondary N) is 1. The van der Waals surface area contributed by atoms with E-state index >= 15 is 0 Å². The first-order chi connectivity index (χ1) is 11.1. The predicted molar refractivity (Wildman–Crippen MR) is 91.4 cm³/mol. The summed E-state index contributed by atoms with van der Waals surface area (Å²) in [7, 11) is 0. The summed E-state index contributed by atoms with van der Waals surface area (Å²) in [6.45, 7) is 0.181. The van der Waals surface area contributed by atoms with Crippen LogP contribution in [0.4, 0.5) is 0 Å². The minimum Gasteiger partial charge on any atom is -0.459 e. The molecular weight excluding hydrogens is 358 g/mol. The Kier molecular flexibility index (Phi) is 4.57. The first-order valence-electron chi connectivity index (χ1n) is 7.17. The Labute approximate surface area is 141 Å². The number of Topliss-reactive ketones (excluding diaryl/α,β-unsaturated/α-hetero) is 1. The fourth-order valence-electron chi connectivity index (χ4n) is 2.36. The molecular formula is C18H14BrNO3. The number of esters is 1. The number of ketones is 1. The Morgan fingerprint density at radius 1 is 1.09 bits per heavy atom. The fourth-order valence-corrected chi connectivity index (χ4v) is 2.72. The van der Waals surface area contributed by atoms with Crippen molar-refractivity contribution in [2.24, 2.45) is 0 Å². The third-order valence-electron chi connectivity index (χ3n) is 3.54. The van der Waals surface area contributed by atoms with Crippen LogP contribution >= 0.6 is 15.9 Å². The number of hydrogen-bond acceptors (Lipinski definition) is 3. The van der Waals surface area contributed by atoms with Crippen LogP contribution in [-0.2, 0) is 16.0 Å². The van der Waals surface area contributed by atoms with Gasteiger partial charge in [-0.25, -0.2) is 4.79 Å². The zero-order chi connectivity index (χ0) is 16.2. The molecule has 0 aliphatic heterocycles. The van der Waals surface area contributed by atoms with Gasteiger partial charge in [0.2, 0.25) is 0 Å². The van der Waals surface area contributed by atoms with E-state index in [9.17, 15) is 9.59 Å². The van der Waals surface area contributed by atoms with Crippen LogP contribution in [0.1, 0.15) is 15.9 Å². The third-order valence-corrected chi connectivity index (χ3v) is 4.03. The van der Waals surface area contributed by atoms with E-state index in [1.54, 1.807) is 6.07 Å². The second-order valence-electron chi connectivity index (χ2n) is 5.09. The molecule has 1 heterocycles. The number of rotatable bonds is 5. The predicted octanol–water partition coefficient (Wildman–Crippen LogP) is 3.90. The molecule has 0 fully saturated rings. The highest BCUT2D eigenvalue weighted by Crippen LogP contribution is 2.23. The van der Waals surface area contributed by atoms with E-state index in [0.29, 0.717) is 17.4 Å². The fraction of sp³-hybridized carbons (Fsp3) is 0.111. The van der Waals surface area contributed by atoms with Gasteiger partial charge in [-0.05, 0) is 23.8 Å². The molecule has 3 rings (SSSR count). The standard InChI is InChI=1S/C18H14BrNO3/c19-13-6-7-16-14(10-13)15(11-20-16)17(21)18(22)23-9-8-12-4-2-1-3-5-12/h1-7,10-11,20H,8-9H2. The Morgan fingerprint density at radius 2 is 1.87 bits per heavy atom. The van der Waals surface area contributed by atoms with Crippen molar-refractivity contribution in [3.8, 4) is 0 Å². The number of aromatic amines is 1. The second kappa shape index (κ2) is 6.79. The Hall–Kier alpha value is -2.40. The van der Waals surface area contributed by atoms with Crippen LogP contribution in [-0.4, -0.2) is 23.3 Å². The smallest absolute Gasteiger partial charge is 0.379 e. The summed E-state index contributed by atoms with van der Waals surface area (Å²) < 4.78 is 5.94. The molecule has 5 heteroatoms. The second-order valence-corrected chi connectivity index (χ2v) is 6.01. The lowest BCUT2D eigenvalue weighted by atomic mass is 10.1. The molecule has 0 aliphatic carbocycles. The average Bonchev–Trinajstić information content (AvgIpc) is 2.98.